The number of rotatable bonds is 17. The summed E-state index contributed by atoms with van der Waals surface area (Å²) in [6.45, 7) is 9.52. The number of esters is 1. The van der Waals surface area contributed by atoms with Crippen LogP contribution in [0.1, 0.15) is 84.5 Å². The molecule has 17 nitrogen and oxygen atoms in total. The molecule has 1 atom stereocenters. The minimum absolute atomic E-state index is 0. The second kappa shape index (κ2) is 35.5. The van der Waals surface area contributed by atoms with E-state index in [1.807, 2.05) is 58.0 Å². The van der Waals surface area contributed by atoms with Gasteiger partial charge in [-0.2, -0.15) is 9.59 Å². The van der Waals surface area contributed by atoms with Crippen LogP contribution in [0.25, 0.3) is 22.1 Å². The van der Waals surface area contributed by atoms with Gasteiger partial charge in [-0.05, 0) is 154 Å². The number of pyridine rings is 4. The number of allylic oxidation sites excluding steroid dienone is 1. The maximum atomic E-state index is 11.7. The van der Waals surface area contributed by atoms with Crippen LogP contribution >= 0.6 is 30.8 Å². The average Bonchev–Trinajstić information content (AvgIpc) is 3.31. The number of aromatic nitrogens is 4. The maximum absolute atomic E-state index is 11.7. The molecule has 0 saturated heterocycles. The Morgan fingerprint density at radius 3 is 1.68 bits per heavy atom. The van der Waals surface area contributed by atoms with Gasteiger partial charge >= 0.3 is 25.8 Å². The van der Waals surface area contributed by atoms with Crippen molar-refractivity contribution in [3.05, 3.63) is 84.1 Å². The minimum Gasteiger partial charge on any atom is -0.468 e. The molecule has 2 aliphatic rings. The van der Waals surface area contributed by atoms with Crippen molar-refractivity contribution < 1.29 is 87.6 Å². The number of aryl methyl sites for hydroxylation is 2. The Morgan fingerprint density at radius 2 is 1.29 bits per heavy atom. The number of nitrogens with zero attached hydrogens (tertiary/aromatic N) is 4. The zero-order valence-electron chi connectivity index (χ0n) is 41.6. The van der Waals surface area contributed by atoms with Crippen LogP contribution in [0.4, 0.5) is 4.79 Å². The number of hydrogen-bond acceptors (Lipinski definition) is 16. The van der Waals surface area contributed by atoms with Gasteiger partial charge in [0.2, 0.25) is 0 Å². The fourth-order valence-electron chi connectivity index (χ4n) is 6.75. The fraction of sp³-hybridized carbons (Fsp3) is 0.532. The van der Waals surface area contributed by atoms with Crippen LogP contribution < -0.4 is 5.32 Å². The summed E-state index contributed by atoms with van der Waals surface area (Å²) in [4.78, 5) is 66.9. The van der Waals surface area contributed by atoms with Gasteiger partial charge in [-0.3, -0.25) is 14.7 Å². The van der Waals surface area contributed by atoms with E-state index in [4.69, 9.17) is 48.3 Å². The van der Waals surface area contributed by atoms with Gasteiger partial charge in [0, 0.05) is 94.0 Å². The summed E-state index contributed by atoms with van der Waals surface area (Å²) in [5.41, 5.74) is 3.21. The van der Waals surface area contributed by atoms with E-state index in [0.29, 0.717) is 24.5 Å². The average molecular weight is 1240 g/mol. The number of carbonyl (C=O) groups is 3. The van der Waals surface area contributed by atoms with Crippen molar-refractivity contribution in [2.75, 3.05) is 39.9 Å². The Morgan fingerprint density at radius 1 is 0.855 bits per heavy atom. The summed E-state index contributed by atoms with van der Waals surface area (Å²) in [6, 6.07) is 16.3. The van der Waals surface area contributed by atoms with Crippen LogP contribution in [0, 0.1) is 42.9 Å². The smallest absolute Gasteiger partial charge is 0.411 e. The van der Waals surface area contributed by atoms with Crippen LogP contribution in [0.5, 0.6) is 0 Å². The molecule has 2 radical (unpaired) electrons. The van der Waals surface area contributed by atoms with Gasteiger partial charge in [0.25, 0.3) is 0 Å². The summed E-state index contributed by atoms with van der Waals surface area (Å²) in [6.07, 6.45) is 15.2. The van der Waals surface area contributed by atoms with Crippen LogP contribution in [-0.2, 0) is 64.6 Å². The largest absolute Gasteiger partial charge is 0.468 e. The molecular formula is C47H65BCl2N5O12PU. The molecule has 0 spiro atoms. The van der Waals surface area contributed by atoms with E-state index in [2.05, 4.69) is 71.7 Å². The first-order valence-electron chi connectivity index (χ1n) is 22.2. The molecule has 2 fully saturated rings. The predicted octanol–water partition coefficient (Wildman–Crippen LogP) is 8.57. The van der Waals surface area contributed by atoms with E-state index >= 15 is 0 Å². The van der Waals surface area contributed by atoms with E-state index in [1.165, 1.54) is 28.3 Å². The molecule has 1 amide bonds. The number of alkyl halides is 2. The molecule has 2 aliphatic carbocycles. The number of carbonyl (C=O) groups excluding carboxylic acids is 5. The van der Waals surface area contributed by atoms with Crippen molar-refractivity contribution in [1.82, 2.24) is 25.3 Å². The van der Waals surface area contributed by atoms with Gasteiger partial charge in [-0.25, -0.2) is 24.7 Å². The van der Waals surface area contributed by atoms with Crippen molar-refractivity contribution >= 4 is 85.7 Å². The normalized spacial score (nSPS) is 17.4. The Labute approximate surface area is 442 Å². The third-order valence-electron chi connectivity index (χ3n) is 10.4. The molecule has 6 rings (SSSR count). The molecule has 0 aromatic carbocycles. The van der Waals surface area contributed by atoms with Crippen molar-refractivity contribution in [3.8, 4) is 0 Å². The monoisotopic (exact) mass is 1240 g/mol. The molecule has 376 valence electrons. The number of hydrogen-bond donors (Lipinski definition) is 1. The van der Waals surface area contributed by atoms with E-state index in [-0.39, 0.29) is 55.3 Å². The quantitative estimate of drug-likeness (QED) is 0.0344. The van der Waals surface area contributed by atoms with Gasteiger partial charge < -0.3 is 32.8 Å². The van der Waals surface area contributed by atoms with Crippen LogP contribution in [-0.4, -0.2) is 117 Å². The van der Waals surface area contributed by atoms with Gasteiger partial charge in [-0.15, -0.1) is 23.2 Å². The number of alkyl carbamates (subject to hydrolysis) is 1. The predicted molar refractivity (Wildman–Crippen MR) is 262 cm³/mol. The van der Waals surface area contributed by atoms with Crippen molar-refractivity contribution in [3.63, 3.8) is 0 Å². The summed E-state index contributed by atoms with van der Waals surface area (Å²) in [5, 5.41) is 5.08. The summed E-state index contributed by atoms with van der Waals surface area (Å²) >= 11 is 9.53. The number of fused-ring (bicyclic) bond motifs is 2. The molecule has 22 heteroatoms. The zero-order valence-corrected chi connectivity index (χ0v) is 47.1. The second-order valence-corrected chi connectivity index (χ2v) is 19.7. The van der Waals surface area contributed by atoms with E-state index in [1.54, 1.807) is 12.4 Å². The number of methoxy groups -OCH3 is 1. The molecule has 4 heterocycles. The van der Waals surface area contributed by atoms with E-state index in [9.17, 15) is 18.9 Å². The molecule has 0 bridgehead atoms. The first-order chi connectivity index (χ1) is 33.0. The van der Waals surface area contributed by atoms with Gasteiger partial charge in [0.05, 0.1) is 31.3 Å². The molecule has 0 aliphatic heterocycles. The first-order valence-corrected chi connectivity index (χ1v) is 24.3. The summed E-state index contributed by atoms with van der Waals surface area (Å²) in [5.74, 6) is 0.779. The molecule has 2 saturated carbocycles. The van der Waals surface area contributed by atoms with Crippen LogP contribution in [0.15, 0.2) is 72.7 Å². The summed E-state index contributed by atoms with van der Waals surface area (Å²) in [7, 11) is 4.10. The Hall–Kier alpha value is -3.58. The SMILES string of the molecule is CC(=CCOC1CC(CCc2ccc3cccnc3n2)C1)NC(=O)OC(C)(C)C.COC(=O)C(C)P(=O)(OC)OC.ClCCl.O=C=O.O=CCOC1CC(CCc2ccc3cccnc3n2)C1.[2H][B].[U]. The first kappa shape index (κ1) is 63.4. The summed E-state index contributed by atoms with van der Waals surface area (Å²) < 4.78 is 46.8. The van der Waals surface area contributed by atoms with Crippen molar-refractivity contribution in [2.24, 2.45) is 11.8 Å². The van der Waals surface area contributed by atoms with Crippen LogP contribution in [0.3, 0.4) is 0 Å². The Bertz CT molecular complexity index is 2240. The zero-order chi connectivity index (χ0) is 51.8. The van der Waals surface area contributed by atoms with E-state index in [0.717, 1.165) is 96.8 Å². The molecule has 1 unspecified atom stereocenters. The number of ether oxygens (including phenoxy) is 4. The number of halogens is 2. The topological polar surface area (TPSA) is 221 Å². The molecule has 69 heavy (non-hydrogen) atoms. The molecular weight excluding hydrogens is 1180 g/mol. The standard InChI is InChI=1S/C23H31N3O3.C16H18N2O2.C6H13O5P.CH2Cl2.CO2.BH.U/c1-16(25-22(27)29-23(2,3)4)11-13-28-20-14-17(15-20)7-9-19-10-8-18-6-5-12-24-21(18)26-19;19-8-9-20-15-10-12(11-15)3-5-14-6-4-13-2-1-7-17-16(13)18-14;1-5(6(7)9-2)12(8,10-3)11-4;2*2-1-3;;/h5-6,8,10-12,17,20H,7,9,13-15H2,1-4H3,(H,25,27);1-2,4,6-8,12,15H,3,5,9-11H2;5H,1-4H3;1H2;;1H;/i;;;;;1D;. The molecule has 4 aromatic heterocycles. The third kappa shape index (κ3) is 25.4. The second-order valence-electron chi connectivity index (χ2n) is 16.3. The van der Waals surface area contributed by atoms with Gasteiger partial charge in [-0.1, -0.05) is 0 Å². The van der Waals surface area contributed by atoms with Gasteiger partial charge in [0.1, 0.15) is 18.5 Å². The Balaban J connectivity index is 0.00000101. The Kier molecular flexibility index (Phi) is 32.6. The van der Waals surface area contributed by atoms with Crippen LogP contribution in [0.2, 0.25) is 0 Å². The third-order valence-corrected chi connectivity index (χ3v) is 12.6. The number of amides is 1. The number of nitrogens with one attached hydrogen (secondary N) is 1. The minimum atomic E-state index is -3.32. The van der Waals surface area contributed by atoms with Crippen molar-refractivity contribution in [1.29, 1.82) is 1.34 Å². The number of aldehydes is 1. The van der Waals surface area contributed by atoms with Gasteiger partial charge in [0.15, 0.2) is 17.0 Å². The molecule has 1 N–H and O–H groups in total. The van der Waals surface area contributed by atoms with E-state index < -0.39 is 30.9 Å². The maximum Gasteiger partial charge on any atom is 0.411 e. The van der Waals surface area contributed by atoms with Crippen molar-refractivity contribution in [2.45, 2.75) is 109 Å². The molecule has 4 aromatic rings. The fourth-order valence-corrected chi connectivity index (χ4v) is 7.90.